The molecule has 0 aromatic heterocycles. The lowest BCUT2D eigenvalue weighted by Crippen LogP contribution is -2.52. The van der Waals surface area contributed by atoms with E-state index in [0.717, 1.165) is 24.3 Å². The van der Waals surface area contributed by atoms with E-state index in [1.54, 1.807) is 36.0 Å². The number of hydrogen-bond acceptors (Lipinski definition) is 6. The summed E-state index contributed by atoms with van der Waals surface area (Å²) >= 11 is 1.69. The minimum atomic E-state index is -1.37. The number of carbonyl (C=O) groups is 2. The molecule has 0 bridgehead atoms. The van der Waals surface area contributed by atoms with Crippen molar-refractivity contribution in [3.8, 4) is 5.75 Å². The summed E-state index contributed by atoms with van der Waals surface area (Å²) in [5, 5.41) is 9.89. The van der Waals surface area contributed by atoms with E-state index in [4.69, 9.17) is 10.5 Å². The number of nitrogens with two attached hydrogens (primary N) is 1. The summed E-state index contributed by atoms with van der Waals surface area (Å²) in [4.78, 5) is 23.9. The molecule has 146 valence electrons. The molecule has 0 spiro atoms. The van der Waals surface area contributed by atoms with E-state index >= 15 is 0 Å². The van der Waals surface area contributed by atoms with E-state index in [1.807, 2.05) is 6.92 Å². The van der Waals surface area contributed by atoms with Crippen molar-refractivity contribution >= 4 is 23.6 Å². The Morgan fingerprint density at radius 3 is 2.54 bits per heavy atom. The number of carbonyl (C=O) groups excluding carboxylic acids is 2. The van der Waals surface area contributed by atoms with Gasteiger partial charge in [-0.05, 0) is 48.6 Å². The molecule has 0 saturated carbocycles. The highest BCUT2D eigenvalue weighted by molar-refractivity contribution is 7.99. The predicted molar refractivity (Wildman–Crippen MR) is 104 cm³/mol. The number of nitrogens with one attached hydrogen (secondary N) is 2. The lowest BCUT2D eigenvalue weighted by molar-refractivity contribution is -0.131. The second-order valence-electron chi connectivity index (χ2n) is 5.76. The number of aliphatic hydroxyl groups is 1. The van der Waals surface area contributed by atoms with Crippen molar-refractivity contribution < 1.29 is 19.4 Å². The molecular formula is C18H29N3O4S. The van der Waals surface area contributed by atoms with Gasteiger partial charge in [-0.25, -0.2) is 0 Å². The third kappa shape index (κ3) is 8.07. The summed E-state index contributed by atoms with van der Waals surface area (Å²) in [6.07, 6.45) is 1.16. The number of aliphatic hydroxyl groups excluding tert-OH is 1. The van der Waals surface area contributed by atoms with Gasteiger partial charge in [-0.3, -0.25) is 20.4 Å². The largest absolute Gasteiger partial charge is 0.494 e. The van der Waals surface area contributed by atoms with Gasteiger partial charge in [0.1, 0.15) is 11.9 Å². The fraction of sp³-hybridized carbons (Fsp3) is 0.556. The maximum absolute atomic E-state index is 12.0. The zero-order valence-electron chi connectivity index (χ0n) is 15.4. The first-order valence-corrected chi connectivity index (χ1v) is 9.99. The van der Waals surface area contributed by atoms with E-state index in [1.165, 1.54) is 0 Å². The molecule has 0 heterocycles. The first-order chi connectivity index (χ1) is 12.5. The van der Waals surface area contributed by atoms with E-state index in [9.17, 15) is 14.7 Å². The van der Waals surface area contributed by atoms with Crippen LogP contribution in [0.25, 0.3) is 0 Å². The molecule has 0 saturated heterocycles. The Labute approximate surface area is 159 Å². The Morgan fingerprint density at radius 1 is 1.23 bits per heavy atom. The van der Waals surface area contributed by atoms with E-state index in [-0.39, 0.29) is 0 Å². The van der Waals surface area contributed by atoms with Crippen molar-refractivity contribution in [3.05, 3.63) is 29.8 Å². The second-order valence-corrected chi connectivity index (χ2v) is 7.16. The van der Waals surface area contributed by atoms with Gasteiger partial charge in [0.05, 0.1) is 6.61 Å². The van der Waals surface area contributed by atoms with Gasteiger partial charge in [-0.1, -0.05) is 20.3 Å². The topological polar surface area (TPSA) is 114 Å². The minimum absolute atomic E-state index is 0.367. The molecule has 1 unspecified atom stereocenters. The van der Waals surface area contributed by atoms with E-state index in [0.29, 0.717) is 24.3 Å². The van der Waals surface area contributed by atoms with Crippen molar-refractivity contribution in [1.82, 2.24) is 10.9 Å². The van der Waals surface area contributed by atoms with Crippen LogP contribution in [0.15, 0.2) is 24.3 Å². The van der Waals surface area contributed by atoms with Gasteiger partial charge in [0.25, 0.3) is 11.8 Å². The SMILES string of the molecule is CCCCOc1ccc(C(=O)NNC(=O)C(O)[C@H](N)CCSCC)cc1. The van der Waals surface area contributed by atoms with Crippen LogP contribution in [0.3, 0.4) is 0 Å². The lowest BCUT2D eigenvalue weighted by Gasteiger charge is -2.18. The average molecular weight is 384 g/mol. The minimum Gasteiger partial charge on any atom is -0.494 e. The Bertz CT molecular complexity index is 554. The van der Waals surface area contributed by atoms with E-state index in [2.05, 4.69) is 17.8 Å². The quantitative estimate of drug-likeness (QED) is 0.340. The molecule has 2 atom stereocenters. The Morgan fingerprint density at radius 2 is 1.92 bits per heavy atom. The molecule has 1 aromatic rings. The van der Waals surface area contributed by atoms with Crippen molar-refractivity contribution in [3.63, 3.8) is 0 Å². The zero-order chi connectivity index (χ0) is 19.4. The summed E-state index contributed by atoms with van der Waals surface area (Å²) < 4.78 is 5.53. The normalized spacial score (nSPS) is 12.9. The summed E-state index contributed by atoms with van der Waals surface area (Å²) in [5.74, 6) is 1.19. The highest BCUT2D eigenvalue weighted by atomic mass is 32.2. The third-order valence-corrected chi connectivity index (χ3v) is 4.59. The van der Waals surface area contributed by atoms with Gasteiger partial charge in [0.15, 0.2) is 0 Å². The molecule has 0 fully saturated rings. The van der Waals surface area contributed by atoms with Crippen molar-refractivity contribution in [1.29, 1.82) is 0 Å². The molecule has 8 heteroatoms. The van der Waals surface area contributed by atoms with Crippen LogP contribution < -0.4 is 21.3 Å². The number of amides is 2. The Hall–Kier alpha value is -1.77. The molecule has 0 aliphatic carbocycles. The molecule has 0 radical (unpaired) electrons. The lowest BCUT2D eigenvalue weighted by atomic mass is 10.1. The van der Waals surface area contributed by atoms with Crippen LogP contribution in [-0.2, 0) is 4.79 Å². The summed E-state index contributed by atoms with van der Waals surface area (Å²) in [7, 11) is 0. The molecular weight excluding hydrogens is 354 g/mol. The first-order valence-electron chi connectivity index (χ1n) is 8.84. The average Bonchev–Trinajstić information content (AvgIpc) is 2.66. The Kier molecular flexibility index (Phi) is 10.8. The smallest absolute Gasteiger partial charge is 0.269 e. The fourth-order valence-corrected chi connectivity index (χ4v) is 2.74. The first kappa shape index (κ1) is 22.3. The molecule has 1 aromatic carbocycles. The van der Waals surface area contributed by atoms with Gasteiger partial charge in [0, 0.05) is 11.6 Å². The second kappa shape index (κ2) is 12.6. The molecule has 0 aliphatic rings. The number of hydrazine groups is 1. The number of hydrogen-bond donors (Lipinski definition) is 4. The predicted octanol–water partition coefficient (Wildman–Crippen LogP) is 1.46. The number of rotatable bonds is 11. The highest BCUT2D eigenvalue weighted by Gasteiger charge is 2.23. The van der Waals surface area contributed by atoms with Crippen LogP contribution in [-0.4, -0.2) is 47.2 Å². The van der Waals surface area contributed by atoms with Gasteiger partial charge in [-0.15, -0.1) is 0 Å². The Balaban J connectivity index is 2.41. The van der Waals surface area contributed by atoms with Crippen LogP contribution in [0.2, 0.25) is 0 Å². The molecule has 2 amide bonds. The van der Waals surface area contributed by atoms with Crippen LogP contribution in [0, 0.1) is 0 Å². The number of unbranched alkanes of at least 4 members (excludes halogenated alkanes) is 1. The maximum Gasteiger partial charge on any atom is 0.269 e. The van der Waals surface area contributed by atoms with Crippen molar-refractivity contribution in [2.75, 3.05) is 18.1 Å². The third-order valence-electron chi connectivity index (χ3n) is 3.66. The van der Waals surface area contributed by atoms with Crippen molar-refractivity contribution in [2.45, 2.75) is 45.3 Å². The van der Waals surface area contributed by atoms with Crippen molar-refractivity contribution in [2.24, 2.45) is 5.73 Å². The molecule has 26 heavy (non-hydrogen) atoms. The molecule has 1 rings (SSSR count). The fourth-order valence-electron chi connectivity index (χ4n) is 2.02. The zero-order valence-corrected chi connectivity index (χ0v) is 16.2. The maximum atomic E-state index is 12.0. The van der Waals surface area contributed by atoms with Crippen LogP contribution in [0.5, 0.6) is 5.75 Å². The molecule has 5 N–H and O–H groups in total. The van der Waals surface area contributed by atoms with E-state index < -0.39 is 24.0 Å². The van der Waals surface area contributed by atoms with Gasteiger partial charge in [-0.2, -0.15) is 11.8 Å². The van der Waals surface area contributed by atoms with Crippen LogP contribution in [0.1, 0.15) is 43.5 Å². The van der Waals surface area contributed by atoms with Crippen LogP contribution >= 0.6 is 11.8 Å². The highest BCUT2D eigenvalue weighted by Crippen LogP contribution is 2.12. The van der Waals surface area contributed by atoms with Gasteiger partial charge >= 0.3 is 0 Å². The number of ether oxygens (including phenoxy) is 1. The van der Waals surface area contributed by atoms with Gasteiger partial charge < -0.3 is 15.6 Å². The standard InChI is InChI=1S/C18H29N3O4S/c1-3-5-11-25-14-8-6-13(7-9-14)17(23)20-21-18(24)16(22)15(19)10-12-26-4-2/h6-9,15-16,22H,3-5,10-12,19H2,1-2H3,(H,20,23)(H,21,24)/t15-,16?/m1/s1. The monoisotopic (exact) mass is 383 g/mol. The molecule has 7 nitrogen and oxygen atoms in total. The summed E-state index contributed by atoms with van der Waals surface area (Å²) in [6, 6.07) is 5.93. The summed E-state index contributed by atoms with van der Waals surface area (Å²) in [6.45, 7) is 4.74. The summed E-state index contributed by atoms with van der Waals surface area (Å²) in [5.41, 5.74) is 10.6. The van der Waals surface area contributed by atoms with Crippen LogP contribution in [0.4, 0.5) is 0 Å². The number of thioether (sulfide) groups is 1. The van der Waals surface area contributed by atoms with Gasteiger partial charge in [0.2, 0.25) is 0 Å². The molecule has 0 aliphatic heterocycles. The number of benzene rings is 1.